The largest absolute Gasteiger partial charge is 0.423 e. The van der Waals surface area contributed by atoms with Crippen LogP contribution in [0.3, 0.4) is 0 Å². The molecule has 0 saturated heterocycles. The molecule has 110 valence electrons. The molecule has 0 amide bonds. The van der Waals surface area contributed by atoms with Crippen LogP contribution in [0.2, 0.25) is 0 Å². The zero-order chi connectivity index (χ0) is 14.2. The SMILES string of the molecule is CCNC(c1ccccc1)c1nnc(C2C3CCCC32)o1. The van der Waals surface area contributed by atoms with Crippen molar-refractivity contribution in [2.75, 3.05) is 6.54 Å². The summed E-state index contributed by atoms with van der Waals surface area (Å²) in [6, 6.07) is 10.3. The predicted molar refractivity (Wildman–Crippen MR) is 79.8 cm³/mol. The highest BCUT2D eigenvalue weighted by Gasteiger charge is 2.56. The first-order chi connectivity index (χ1) is 10.4. The van der Waals surface area contributed by atoms with Crippen LogP contribution < -0.4 is 5.32 Å². The van der Waals surface area contributed by atoms with Crippen molar-refractivity contribution in [2.24, 2.45) is 11.8 Å². The molecular formula is C17H21N3O. The Morgan fingerprint density at radius 3 is 2.67 bits per heavy atom. The van der Waals surface area contributed by atoms with Crippen LogP contribution in [0.5, 0.6) is 0 Å². The molecule has 2 aromatic rings. The molecule has 21 heavy (non-hydrogen) atoms. The molecular weight excluding hydrogens is 262 g/mol. The number of nitrogens with one attached hydrogen (secondary N) is 1. The summed E-state index contributed by atoms with van der Waals surface area (Å²) in [5.41, 5.74) is 1.17. The van der Waals surface area contributed by atoms with E-state index < -0.39 is 0 Å². The van der Waals surface area contributed by atoms with Crippen molar-refractivity contribution in [1.29, 1.82) is 0 Å². The second-order valence-electron chi connectivity index (χ2n) is 6.16. The van der Waals surface area contributed by atoms with Crippen LogP contribution in [0.1, 0.15) is 55.5 Å². The van der Waals surface area contributed by atoms with E-state index in [1.165, 1.54) is 24.8 Å². The van der Waals surface area contributed by atoms with Gasteiger partial charge in [-0.3, -0.25) is 0 Å². The van der Waals surface area contributed by atoms with Gasteiger partial charge in [-0.05, 0) is 36.8 Å². The van der Waals surface area contributed by atoms with E-state index in [2.05, 4.69) is 34.6 Å². The third-order valence-corrected chi connectivity index (χ3v) is 4.94. The van der Waals surface area contributed by atoms with Crippen molar-refractivity contribution in [3.8, 4) is 0 Å². The minimum absolute atomic E-state index is 0.00367. The van der Waals surface area contributed by atoms with Crippen LogP contribution in [0.25, 0.3) is 0 Å². The fourth-order valence-corrected chi connectivity index (χ4v) is 3.88. The highest BCUT2D eigenvalue weighted by Crippen LogP contribution is 2.62. The summed E-state index contributed by atoms with van der Waals surface area (Å²) in [5.74, 6) is 3.72. The first-order valence-corrected chi connectivity index (χ1v) is 8.00. The Morgan fingerprint density at radius 2 is 1.95 bits per heavy atom. The number of hydrogen-bond donors (Lipinski definition) is 1. The molecule has 0 spiro atoms. The molecule has 0 radical (unpaired) electrons. The molecule has 0 bridgehead atoms. The Morgan fingerprint density at radius 1 is 1.19 bits per heavy atom. The number of hydrogen-bond acceptors (Lipinski definition) is 4. The molecule has 4 nitrogen and oxygen atoms in total. The second kappa shape index (κ2) is 5.26. The van der Waals surface area contributed by atoms with Crippen LogP contribution >= 0.6 is 0 Å². The molecule has 3 unspecified atom stereocenters. The lowest BCUT2D eigenvalue weighted by molar-refractivity contribution is 0.398. The zero-order valence-electron chi connectivity index (χ0n) is 12.3. The number of nitrogens with zero attached hydrogens (tertiary/aromatic N) is 2. The molecule has 2 aliphatic carbocycles. The van der Waals surface area contributed by atoms with Gasteiger partial charge in [-0.25, -0.2) is 0 Å². The summed E-state index contributed by atoms with van der Waals surface area (Å²) in [6.07, 6.45) is 4.04. The minimum Gasteiger partial charge on any atom is -0.423 e. The molecule has 4 heteroatoms. The van der Waals surface area contributed by atoms with E-state index in [0.29, 0.717) is 11.8 Å². The van der Waals surface area contributed by atoms with Crippen LogP contribution in [0.4, 0.5) is 0 Å². The molecule has 2 aliphatic rings. The summed E-state index contributed by atoms with van der Waals surface area (Å²) in [5, 5.41) is 12.1. The Balaban J connectivity index is 1.58. The van der Waals surface area contributed by atoms with Crippen molar-refractivity contribution in [1.82, 2.24) is 15.5 Å². The van der Waals surface area contributed by atoms with Gasteiger partial charge in [0.1, 0.15) is 6.04 Å². The summed E-state index contributed by atoms with van der Waals surface area (Å²) in [4.78, 5) is 0. The highest BCUT2D eigenvalue weighted by atomic mass is 16.4. The zero-order valence-corrected chi connectivity index (χ0v) is 12.3. The van der Waals surface area contributed by atoms with Crippen LogP contribution in [0, 0.1) is 11.8 Å². The molecule has 4 rings (SSSR count). The lowest BCUT2D eigenvalue weighted by Gasteiger charge is -2.13. The van der Waals surface area contributed by atoms with Crippen molar-refractivity contribution in [3.63, 3.8) is 0 Å². The molecule has 1 heterocycles. The fourth-order valence-electron chi connectivity index (χ4n) is 3.88. The molecule has 1 aromatic carbocycles. The van der Waals surface area contributed by atoms with Gasteiger partial charge >= 0.3 is 0 Å². The van der Waals surface area contributed by atoms with Gasteiger partial charge in [-0.2, -0.15) is 0 Å². The lowest BCUT2D eigenvalue weighted by atomic mass is 10.1. The average Bonchev–Trinajstić information content (AvgIpc) is 2.92. The van der Waals surface area contributed by atoms with E-state index in [4.69, 9.17) is 4.42 Å². The van der Waals surface area contributed by atoms with E-state index >= 15 is 0 Å². The predicted octanol–water partition coefficient (Wildman–Crippen LogP) is 3.28. The Bertz CT molecular complexity index is 600. The van der Waals surface area contributed by atoms with Gasteiger partial charge in [0.05, 0.1) is 0 Å². The van der Waals surface area contributed by atoms with Crippen LogP contribution in [-0.4, -0.2) is 16.7 Å². The fraction of sp³-hybridized carbons (Fsp3) is 0.529. The van der Waals surface area contributed by atoms with Gasteiger partial charge in [0.15, 0.2) is 0 Å². The quantitative estimate of drug-likeness (QED) is 0.915. The van der Waals surface area contributed by atoms with E-state index in [1.54, 1.807) is 0 Å². The second-order valence-corrected chi connectivity index (χ2v) is 6.16. The number of rotatable bonds is 5. The summed E-state index contributed by atoms with van der Waals surface area (Å²) >= 11 is 0. The highest BCUT2D eigenvalue weighted by molar-refractivity contribution is 5.24. The van der Waals surface area contributed by atoms with Gasteiger partial charge in [0.25, 0.3) is 0 Å². The van der Waals surface area contributed by atoms with Crippen LogP contribution in [0.15, 0.2) is 34.7 Å². The number of aromatic nitrogens is 2. The van der Waals surface area contributed by atoms with E-state index in [0.717, 1.165) is 24.3 Å². The van der Waals surface area contributed by atoms with E-state index in [-0.39, 0.29) is 6.04 Å². The molecule has 1 N–H and O–H groups in total. The van der Waals surface area contributed by atoms with Gasteiger partial charge in [0.2, 0.25) is 11.8 Å². The molecule has 2 fully saturated rings. The van der Waals surface area contributed by atoms with Crippen molar-refractivity contribution in [2.45, 2.75) is 38.1 Å². The average molecular weight is 283 g/mol. The molecule has 0 aliphatic heterocycles. The summed E-state index contributed by atoms with van der Waals surface area (Å²) < 4.78 is 6.03. The third-order valence-electron chi connectivity index (χ3n) is 4.94. The van der Waals surface area contributed by atoms with Crippen LogP contribution in [-0.2, 0) is 0 Å². The topological polar surface area (TPSA) is 51.0 Å². The summed E-state index contributed by atoms with van der Waals surface area (Å²) in [6.45, 7) is 2.96. The third kappa shape index (κ3) is 2.27. The van der Waals surface area contributed by atoms with Gasteiger partial charge in [-0.15, -0.1) is 10.2 Å². The van der Waals surface area contributed by atoms with Crippen molar-refractivity contribution >= 4 is 0 Å². The first-order valence-electron chi connectivity index (χ1n) is 8.00. The van der Waals surface area contributed by atoms with E-state index in [9.17, 15) is 0 Å². The smallest absolute Gasteiger partial charge is 0.237 e. The Labute approximate surface area is 125 Å². The van der Waals surface area contributed by atoms with Gasteiger partial charge in [0, 0.05) is 5.92 Å². The maximum absolute atomic E-state index is 6.03. The normalized spacial score (nSPS) is 28.3. The Kier molecular flexibility index (Phi) is 3.26. The minimum atomic E-state index is -0.00367. The van der Waals surface area contributed by atoms with E-state index in [1.807, 2.05) is 18.2 Å². The summed E-state index contributed by atoms with van der Waals surface area (Å²) in [7, 11) is 0. The molecule has 3 atom stereocenters. The number of benzene rings is 1. The van der Waals surface area contributed by atoms with Gasteiger partial charge < -0.3 is 9.73 Å². The first kappa shape index (κ1) is 13.0. The van der Waals surface area contributed by atoms with Gasteiger partial charge in [-0.1, -0.05) is 43.7 Å². The maximum Gasteiger partial charge on any atom is 0.237 e. The molecule has 2 saturated carbocycles. The lowest BCUT2D eigenvalue weighted by Crippen LogP contribution is -2.22. The van der Waals surface area contributed by atoms with Crippen molar-refractivity contribution < 1.29 is 4.42 Å². The maximum atomic E-state index is 6.03. The number of fused-ring (bicyclic) bond motifs is 1. The van der Waals surface area contributed by atoms with Crippen molar-refractivity contribution in [3.05, 3.63) is 47.7 Å². The standard InChI is InChI=1S/C17H21N3O/c1-2-18-15(11-7-4-3-5-8-11)17-20-19-16(21-17)14-12-9-6-10-13(12)14/h3-5,7-8,12-15,18H,2,6,9-10H2,1H3. The Hall–Kier alpha value is -1.68. The monoisotopic (exact) mass is 283 g/mol. The molecule has 1 aromatic heterocycles.